The molecule has 0 unspecified atom stereocenters. The van der Waals surface area contributed by atoms with E-state index in [4.69, 9.17) is 5.48 Å². The summed E-state index contributed by atoms with van der Waals surface area (Å²) in [6, 6.07) is 8.65. The van der Waals surface area contributed by atoms with Gasteiger partial charge in [0.1, 0.15) is 17.2 Å². The van der Waals surface area contributed by atoms with Crippen LogP contribution in [0.3, 0.4) is 0 Å². The molecule has 0 bridgehead atoms. The van der Waals surface area contributed by atoms with Crippen molar-refractivity contribution in [3.63, 3.8) is 0 Å². The van der Waals surface area contributed by atoms with Crippen LogP contribution in [-0.4, -0.2) is 32.4 Å². The Balaban J connectivity index is 1.41. The molecule has 0 radical (unpaired) electrons. The lowest BCUT2D eigenvalue weighted by Gasteiger charge is -2.18. The van der Waals surface area contributed by atoms with Gasteiger partial charge in [-0.1, -0.05) is 30.3 Å². The number of benzene rings is 2. The minimum Gasteiger partial charge on any atom is -0.390 e. The zero-order valence-electron chi connectivity index (χ0n) is 20.5. The maximum atomic E-state index is 14.5. The average molecular weight is 434 g/mol. The van der Waals surface area contributed by atoms with Crippen LogP contribution in [-0.2, 0) is 6.42 Å². The Morgan fingerprint density at radius 2 is 2.03 bits per heavy atom. The Kier molecular flexibility index (Phi) is 3.88. The Morgan fingerprint density at radius 1 is 1.19 bits per heavy atom. The predicted octanol–water partition coefficient (Wildman–Crippen LogP) is 3.11. The minimum absolute atomic E-state index is 0.0448. The number of carbonyl (C=O) groups excluding carboxylic acids is 2. The molecule has 2 atom stereocenters. The number of amides is 2. The quantitative estimate of drug-likeness (QED) is 0.460. The number of anilines is 1. The van der Waals surface area contributed by atoms with Crippen molar-refractivity contribution in [2.24, 2.45) is 0 Å². The van der Waals surface area contributed by atoms with Gasteiger partial charge < -0.3 is 15.7 Å². The molecule has 0 aliphatic heterocycles. The summed E-state index contributed by atoms with van der Waals surface area (Å²) in [5.41, 5.74) is 1.06. The molecule has 2 aromatic carbocycles. The summed E-state index contributed by atoms with van der Waals surface area (Å²) in [5.74, 6) is -2.28. The lowest BCUT2D eigenvalue weighted by atomic mass is 10.1. The third kappa shape index (κ3) is 3.50. The lowest BCUT2D eigenvalue weighted by molar-refractivity contribution is 0.0857. The number of hydrogen-bond donors (Lipinski definition) is 3. The van der Waals surface area contributed by atoms with Crippen molar-refractivity contribution in [2.75, 3.05) is 5.32 Å². The van der Waals surface area contributed by atoms with Gasteiger partial charge in [0, 0.05) is 18.2 Å². The van der Waals surface area contributed by atoms with Gasteiger partial charge in [0.25, 0.3) is 11.8 Å². The molecule has 32 heavy (non-hydrogen) atoms. The molecular weight excluding hydrogens is 411 g/mol. The SMILES string of the molecule is [2H]c1c([2H])c([2H])n2c(C(=O)Nc3cc(C(=O)N[C@@H]4c5ccccc5C[C@@H]4O)ccc3F)cnc2c1[2H]. The van der Waals surface area contributed by atoms with E-state index >= 15 is 0 Å². The molecule has 8 heteroatoms. The Labute approximate surface area is 188 Å². The smallest absolute Gasteiger partial charge is 0.274 e. The van der Waals surface area contributed by atoms with Crippen LogP contribution in [0.2, 0.25) is 0 Å². The molecule has 0 saturated carbocycles. The van der Waals surface area contributed by atoms with E-state index in [-0.39, 0.29) is 22.6 Å². The van der Waals surface area contributed by atoms with Crippen molar-refractivity contribution in [1.82, 2.24) is 14.7 Å². The first-order valence-electron chi connectivity index (χ1n) is 11.8. The molecule has 7 nitrogen and oxygen atoms in total. The first kappa shape index (κ1) is 15.7. The number of nitrogens with zero attached hydrogens (tertiary/aromatic N) is 2. The van der Waals surface area contributed by atoms with E-state index in [1.54, 1.807) is 0 Å². The molecule has 1 aliphatic rings. The summed E-state index contributed by atoms with van der Waals surface area (Å²) >= 11 is 0. The van der Waals surface area contributed by atoms with Gasteiger partial charge >= 0.3 is 0 Å². The number of hydrogen-bond acceptors (Lipinski definition) is 4. The third-order valence-corrected chi connectivity index (χ3v) is 5.37. The molecule has 2 aromatic heterocycles. The normalized spacial score (nSPS) is 18.9. The second-order valence-corrected chi connectivity index (χ2v) is 7.36. The summed E-state index contributed by atoms with van der Waals surface area (Å²) < 4.78 is 47.0. The van der Waals surface area contributed by atoms with Crippen molar-refractivity contribution in [1.29, 1.82) is 0 Å². The largest absolute Gasteiger partial charge is 0.390 e. The van der Waals surface area contributed by atoms with Crippen LogP contribution in [0.5, 0.6) is 0 Å². The van der Waals surface area contributed by atoms with E-state index in [0.29, 0.717) is 6.42 Å². The first-order chi connectivity index (χ1) is 17.2. The van der Waals surface area contributed by atoms with Crippen LogP contribution in [0.1, 0.15) is 43.5 Å². The number of pyridine rings is 1. The predicted molar refractivity (Wildman–Crippen MR) is 116 cm³/mol. The summed E-state index contributed by atoms with van der Waals surface area (Å²) in [6.07, 6.45) is 0.128. The van der Waals surface area contributed by atoms with Gasteiger partial charge in [-0.15, -0.1) is 0 Å². The molecule has 160 valence electrons. The lowest BCUT2D eigenvalue weighted by Crippen LogP contribution is -2.34. The van der Waals surface area contributed by atoms with Crippen molar-refractivity contribution in [2.45, 2.75) is 18.6 Å². The van der Waals surface area contributed by atoms with Gasteiger partial charge in [0.15, 0.2) is 0 Å². The maximum Gasteiger partial charge on any atom is 0.274 e. The highest BCUT2D eigenvalue weighted by atomic mass is 19.1. The zero-order chi connectivity index (χ0) is 25.7. The van der Waals surface area contributed by atoms with Crippen LogP contribution >= 0.6 is 0 Å². The molecule has 3 N–H and O–H groups in total. The van der Waals surface area contributed by atoms with Gasteiger partial charge in [-0.2, -0.15) is 0 Å². The molecule has 4 aromatic rings. The first-order valence-corrected chi connectivity index (χ1v) is 9.78. The number of rotatable bonds is 4. The fourth-order valence-corrected chi connectivity index (χ4v) is 3.81. The second kappa shape index (κ2) is 7.90. The molecule has 1 aliphatic carbocycles. The van der Waals surface area contributed by atoms with E-state index in [1.807, 2.05) is 24.3 Å². The number of aromatic nitrogens is 2. The standard InChI is InChI=1S/C24H19FN4O3/c25-17-9-8-15(23(31)28-22-16-6-2-1-5-14(16)12-20(22)30)11-18(17)27-24(32)19-13-26-21-7-3-4-10-29(19)21/h1-11,13,20,22,30H,12H2,(H,27,32)(H,28,31)/t20-,22+/m0/s1/i3D,4D,7D,10D. The number of imidazole rings is 1. The van der Waals surface area contributed by atoms with Crippen LogP contribution in [0.4, 0.5) is 10.1 Å². The van der Waals surface area contributed by atoms with Gasteiger partial charge in [0.05, 0.1) is 29.5 Å². The van der Waals surface area contributed by atoms with E-state index in [0.717, 1.165) is 33.9 Å². The highest BCUT2D eigenvalue weighted by Gasteiger charge is 2.32. The van der Waals surface area contributed by atoms with Crippen LogP contribution in [0.15, 0.2) is 73.0 Å². The summed E-state index contributed by atoms with van der Waals surface area (Å²) in [6.45, 7) is 0. The molecule has 5 rings (SSSR count). The second-order valence-electron chi connectivity index (χ2n) is 7.36. The van der Waals surface area contributed by atoms with E-state index in [1.165, 1.54) is 6.07 Å². The Bertz CT molecular complexity index is 1560. The maximum absolute atomic E-state index is 14.5. The highest BCUT2D eigenvalue weighted by molar-refractivity contribution is 6.04. The minimum atomic E-state index is -0.885. The highest BCUT2D eigenvalue weighted by Crippen LogP contribution is 2.31. The Hall–Kier alpha value is -4.04. The van der Waals surface area contributed by atoms with Crippen molar-refractivity contribution in [3.05, 3.63) is 101 Å². The van der Waals surface area contributed by atoms with Gasteiger partial charge in [-0.05, 0) is 41.4 Å². The molecular formula is C24H19FN4O3. The van der Waals surface area contributed by atoms with Gasteiger partial charge in [-0.25, -0.2) is 9.37 Å². The van der Waals surface area contributed by atoms with E-state index in [2.05, 4.69) is 15.6 Å². The average Bonchev–Trinajstić information content (AvgIpc) is 3.44. The van der Waals surface area contributed by atoms with Crippen LogP contribution in [0.25, 0.3) is 5.65 Å². The van der Waals surface area contributed by atoms with Crippen molar-refractivity contribution in [3.8, 4) is 0 Å². The molecule has 2 heterocycles. The van der Waals surface area contributed by atoms with Gasteiger partial charge in [0.2, 0.25) is 0 Å². The number of aliphatic hydroxyl groups is 1. The topological polar surface area (TPSA) is 95.7 Å². The van der Waals surface area contributed by atoms with Crippen LogP contribution in [0, 0.1) is 5.82 Å². The number of aliphatic hydroxyl groups excluding tert-OH is 1. The molecule has 2 amide bonds. The number of halogens is 1. The number of fused-ring (bicyclic) bond motifs is 2. The molecule has 0 spiro atoms. The fraction of sp³-hybridized carbons (Fsp3) is 0.125. The fourth-order valence-electron chi connectivity index (χ4n) is 3.81. The summed E-state index contributed by atoms with van der Waals surface area (Å²) in [5, 5.41) is 15.5. The molecule has 0 saturated heterocycles. The monoisotopic (exact) mass is 434 g/mol. The number of carbonyl (C=O) groups is 2. The summed E-state index contributed by atoms with van der Waals surface area (Å²) in [7, 11) is 0. The number of nitrogens with one attached hydrogen (secondary N) is 2. The summed E-state index contributed by atoms with van der Waals surface area (Å²) in [4.78, 5) is 29.7. The van der Waals surface area contributed by atoms with Crippen molar-refractivity contribution >= 4 is 23.1 Å². The Morgan fingerprint density at radius 3 is 2.91 bits per heavy atom. The van der Waals surface area contributed by atoms with Gasteiger partial charge in [-0.3, -0.25) is 14.0 Å². The third-order valence-electron chi connectivity index (χ3n) is 5.37. The molecule has 0 fully saturated rings. The van der Waals surface area contributed by atoms with E-state index in [9.17, 15) is 19.1 Å². The van der Waals surface area contributed by atoms with Crippen molar-refractivity contribution < 1.29 is 24.6 Å². The van der Waals surface area contributed by atoms with Crippen LogP contribution < -0.4 is 10.6 Å². The zero-order valence-corrected chi connectivity index (χ0v) is 16.5. The van der Waals surface area contributed by atoms with E-state index < -0.39 is 54.1 Å².